The van der Waals surface area contributed by atoms with Crippen molar-refractivity contribution in [1.82, 2.24) is 10.2 Å². The molecule has 4 rings (SSSR count). The number of hydrogen-bond acceptors (Lipinski definition) is 4. The summed E-state index contributed by atoms with van der Waals surface area (Å²) in [7, 11) is 0. The van der Waals surface area contributed by atoms with Crippen LogP contribution in [0.1, 0.15) is 63.0 Å². The Kier molecular flexibility index (Phi) is 6.91. The molecule has 2 unspecified atom stereocenters. The van der Waals surface area contributed by atoms with Crippen LogP contribution in [0, 0.1) is 0 Å². The third-order valence-electron chi connectivity index (χ3n) is 7.14. The fraction of sp³-hybridized carbons (Fsp3) is 0.444. The van der Waals surface area contributed by atoms with Gasteiger partial charge in [-0.25, -0.2) is 9.59 Å². The first kappa shape index (κ1) is 23.8. The van der Waals surface area contributed by atoms with E-state index in [-0.39, 0.29) is 30.9 Å². The predicted molar refractivity (Wildman–Crippen MR) is 129 cm³/mol. The second-order valence-electron chi connectivity index (χ2n) is 9.49. The molecule has 1 saturated heterocycles. The number of hydrogen-bond donors (Lipinski definition) is 2. The maximum atomic E-state index is 12.6. The van der Waals surface area contributed by atoms with Crippen molar-refractivity contribution in [3.05, 3.63) is 59.7 Å². The molecule has 2 amide bonds. The van der Waals surface area contributed by atoms with Gasteiger partial charge in [-0.05, 0) is 61.8 Å². The van der Waals surface area contributed by atoms with Crippen LogP contribution >= 0.6 is 0 Å². The molecule has 2 aliphatic rings. The Hall–Kier alpha value is -3.35. The van der Waals surface area contributed by atoms with Crippen molar-refractivity contribution in [1.29, 1.82) is 0 Å². The first-order valence-corrected chi connectivity index (χ1v) is 12.0. The molecule has 2 aromatic rings. The van der Waals surface area contributed by atoms with Gasteiger partial charge in [-0.3, -0.25) is 4.79 Å². The fourth-order valence-electron chi connectivity index (χ4n) is 5.19. The van der Waals surface area contributed by atoms with E-state index in [0.29, 0.717) is 32.2 Å². The molecule has 0 radical (unpaired) electrons. The van der Waals surface area contributed by atoms with E-state index in [4.69, 9.17) is 4.74 Å². The van der Waals surface area contributed by atoms with E-state index in [9.17, 15) is 19.5 Å². The van der Waals surface area contributed by atoms with E-state index in [1.54, 1.807) is 6.92 Å². The number of carbonyl (C=O) groups is 3. The number of carboxylic acids is 1. The molecule has 1 heterocycles. The zero-order valence-corrected chi connectivity index (χ0v) is 19.8. The summed E-state index contributed by atoms with van der Waals surface area (Å²) in [6.45, 7) is 4.23. The Morgan fingerprint density at radius 1 is 1.12 bits per heavy atom. The maximum absolute atomic E-state index is 12.6. The molecule has 2 atom stereocenters. The number of amides is 2. The highest BCUT2D eigenvalue weighted by molar-refractivity contribution is 5.87. The second-order valence-corrected chi connectivity index (χ2v) is 9.49. The van der Waals surface area contributed by atoms with Gasteiger partial charge in [0, 0.05) is 24.9 Å². The SMILES string of the molecule is CC(CCCC(=O)N1CCCC1(C)C(=O)O)NC(=O)OCC1c2ccccc2-c2ccccc21. The summed E-state index contributed by atoms with van der Waals surface area (Å²) >= 11 is 0. The standard InChI is InChI=1S/C27H32N2O5/c1-18(9-7-14-24(30)29-16-8-15-27(29,2)25(31)32)28-26(33)34-17-23-21-12-5-3-10-19(21)20-11-4-6-13-22(20)23/h3-6,10-13,18,23H,7-9,14-17H2,1-2H3,(H,28,33)(H,31,32). The number of alkyl carbamates (subject to hydrolysis) is 1. The summed E-state index contributed by atoms with van der Waals surface area (Å²) in [5, 5.41) is 12.3. The smallest absolute Gasteiger partial charge is 0.407 e. The second kappa shape index (κ2) is 9.87. The van der Waals surface area contributed by atoms with Crippen LogP contribution in [0.3, 0.4) is 0 Å². The van der Waals surface area contributed by atoms with Crippen molar-refractivity contribution in [2.24, 2.45) is 0 Å². The molecule has 0 saturated carbocycles. The summed E-state index contributed by atoms with van der Waals surface area (Å²) in [5.41, 5.74) is 3.59. The van der Waals surface area contributed by atoms with Gasteiger partial charge in [-0.15, -0.1) is 0 Å². The van der Waals surface area contributed by atoms with E-state index >= 15 is 0 Å². The van der Waals surface area contributed by atoms with Crippen molar-refractivity contribution in [3.8, 4) is 11.1 Å². The van der Waals surface area contributed by atoms with Crippen LogP contribution in [0.5, 0.6) is 0 Å². The first-order valence-electron chi connectivity index (χ1n) is 12.0. The zero-order chi connectivity index (χ0) is 24.3. The van der Waals surface area contributed by atoms with Crippen molar-refractivity contribution < 1.29 is 24.2 Å². The van der Waals surface area contributed by atoms with Crippen LogP contribution in [0.4, 0.5) is 4.79 Å². The molecule has 0 bridgehead atoms. The molecule has 0 aromatic heterocycles. The van der Waals surface area contributed by atoms with E-state index in [0.717, 1.165) is 0 Å². The van der Waals surface area contributed by atoms with Gasteiger partial charge < -0.3 is 20.1 Å². The molecule has 180 valence electrons. The molecule has 7 nitrogen and oxygen atoms in total. The Morgan fingerprint density at radius 3 is 2.35 bits per heavy atom. The monoisotopic (exact) mass is 464 g/mol. The summed E-state index contributed by atoms with van der Waals surface area (Å²) < 4.78 is 5.58. The predicted octanol–water partition coefficient (Wildman–Crippen LogP) is 4.55. The molecule has 1 fully saturated rings. The Bertz CT molecular complexity index is 1040. The number of carbonyl (C=O) groups excluding carboxylic acids is 2. The highest BCUT2D eigenvalue weighted by Gasteiger charge is 2.45. The first-order chi connectivity index (χ1) is 16.3. The summed E-state index contributed by atoms with van der Waals surface area (Å²) in [6.07, 6.45) is 2.14. The molecule has 2 aromatic carbocycles. The summed E-state index contributed by atoms with van der Waals surface area (Å²) in [6, 6.07) is 16.2. The van der Waals surface area contributed by atoms with Crippen LogP contribution in [0.25, 0.3) is 11.1 Å². The number of fused-ring (bicyclic) bond motifs is 3. The summed E-state index contributed by atoms with van der Waals surface area (Å²) in [5.74, 6) is -1.09. The lowest BCUT2D eigenvalue weighted by Crippen LogP contribution is -2.50. The molecular weight excluding hydrogens is 432 g/mol. The quantitative estimate of drug-likeness (QED) is 0.598. The molecule has 34 heavy (non-hydrogen) atoms. The Balaban J connectivity index is 1.24. The number of benzene rings is 2. The van der Waals surface area contributed by atoms with Crippen LogP contribution < -0.4 is 5.32 Å². The third kappa shape index (κ3) is 4.65. The number of nitrogens with one attached hydrogen (secondary N) is 1. The average molecular weight is 465 g/mol. The van der Waals surface area contributed by atoms with Crippen LogP contribution in [-0.4, -0.2) is 52.7 Å². The molecule has 7 heteroatoms. The van der Waals surface area contributed by atoms with Gasteiger partial charge in [0.05, 0.1) is 0 Å². The van der Waals surface area contributed by atoms with Gasteiger partial charge in [-0.2, -0.15) is 0 Å². The average Bonchev–Trinajstić information content (AvgIpc) is 3.37. The van der Waals surface area contributed by atoms with Crippen molar-refractivity contribution in [2.75, 3.05) is 13.2 Å². The van der Waals surface area contributed by atoms with Crippen molar-refractivity contribution in [3.63, 3.8) is 0 Å². The Morgan fingerprint density at radius 2 is 1.74 bits per heavy atom. The molecule has 2 N–H and O–H groups in total. The molecular formula is C27H32N2O5. The van der Waals surface area contributed by atoms with E-state index < -0.39 is 17.6 Å². The molecule has 1 aliphatic carbocycles. The lowest BCUT2D eigenvalue weighted by Gasteiger charge is -2.31. The lowest BCUT2D eigenvalue weighted by molar-refractivity contribution is -0.155. The van der Waals surface area contributed by atoms with Gasteiger partial charge in [0.1, 0.15) is 12.1 Å². The topological polar surface area (TPSA) is 95.9 Å². The van der Waals surface area contributed by atoms with Crippen molar-refractivity contribution in [2.45, 2.75) is 63.5 Å². The highest BCUT2D eigenvalue weighted by Crippen LogP contribution is 2.44. The van der Waals surface area contributed by atoms with E-state index in [1.807, 2.05) is 31.2 Å². The number of carboxylic acid groups (broad SMARTS) is 1. The normalized spacial score (nSPS) is 19.9. The Labute approximate surface area is 200 Å². The summed E-state index contributed by atoms with van der Waals surface area (Å²) in [4.78, 5) is 38.1. The minimum Gasteiger partial charge on any atom is -0.480 e. The van der Waals surface area contributed by atoms with Gasteiger partial charge in [-0.1, -0.05) is 48.5 Å². The highest BCUT2D eigenvalue weighted by atomic mass is 16.5. The van der Waals surface area contributed by atoms with Gasteiger partial charge in [0.15, 0.2) is 0 Å². The number of aliphatic carboxylic acids is 1. The van der Waals surface area contributed by atoms with E-state index in [2.05, 4.69) is 29.6 Å². The zero-order valence-electron chi connectivity index (χ0n) is 19.8. The van der Waals surface area contributed by atoms with Crippen LogP contribution in [0.2, 0.25) is 0 Å². The van der Waals surface area contributed by atoms with Gasteiger partial charge in [0.25, 0.3) is 0 Å². The van der Waals surface area contributed by atoms with Gasteiger partial charge >= 0.3 is 12.1 Å². The van der Waals surface area contributed by atoms with Gasteiger partial charge in [0.2, 0.25) is 5.91 Å². The fourth-order valence-corrected chi connectivity index (χ4v) is 5.19. The number of likely N-dealkylation sites (tertiary alicyclic amines) is 1. The minimum absolute atomic E-state index is 0.00934. The van der Waals surface area contributed by atoms with Crippen molar-refractivity contribution >= 4 is 18.0 Å². The number of rotatable bonds is 8. The number of nitrogens with zero attached hydrogens (tertiary/aromatic N) is 1. The van der Waals surface area contributed by atoms with Crippen LogP contribution in [-0.2, 0) is 14.3 Å². The third-order valence-corrected chi connectivity index (χ3v) is 7.14. The largest absolute Gasteiger partial charge is 0.480 e. The van der Waals surface area contributed by atoms with Crippen LogP contribution in [0.15, 0.2) is 48.5 Å². The minimum atomic E-state index is -1.11. The lowest BCUT2D eigenvalue weighted by atomic mass is 9.98. The number of ether oxygens (including phenoxy) is 1. The maximum Gasteiger partial charge on any atom is 0.407 e. The molecule has 1 aliphatic heterocycles. The molecule has 0 spiro atoms. The van der Waals surface area contributed by atoms with E-state index in [1.165, 1.54) is 27.2 Å².